The van der Waals surface area contributed by atoms with Crippen LogP contribution in [0.5, 0.6) is 0 Å². The molecular formula is C106H124N4O18Si2. The number of amides is 4. The molecule has 0 unspecified atom stereocenters. The molecule has 4 aliphatic heterocycles. The van der Waals surface area contributed by atoms with E-state index in [4.69, 9.17) is 56.2 Å². The lowest BCUT2D eigenvalue weighted by Gasteiger charge is -2.50. The molecule has 18 atom stereocenters. The maximum atomic E-state index is 14.0. The van der Waals surface area contributed by atoms with Gasteiger partial charge in [-0.3, -0.25) is 19.2 Å². The highest BCUT2D eigenvalue weighted by molar-refractivity contribution is 6.74. The molecule has 4 heterocycles. The Hall–Kier alpha value is -10.0. The number of hydrogen-bond acceptors (Lipinski definition) is 18. The summed E-state index contributed by atoms with van der Waals surface area (Å²) in [4.78, 5) is 55.6. The molecular weight excluding hydrogens is 1670 g/mol. The summed E-state index contributed by atoms with van der Waals surface area (Å²) in [6, 6.07) is 93.2. The van der Waals surface area contributed by atoms with E-state index >= 15 is 0 Å². The zero-order valence-electron chi connectivity index (χ0n) is 76.5. The van der Waals surface area contributed by atoms with Crippen LogP contribution in [0, 0.1) is 0 Å². The molecule has 0 bridgehead atoms. The predicted octanol–water partition coefficient (Wildman–Crippen LogP) is 16.8. The topological polar surface area (TPSA) is 268 Å². The van der Waals surface area contributed by atoms with E-state index in [0.717, 1.165) is 33.4 Å². The van der Waals surface area contributed by atoms with Crippen LogP contribution in [0.25, 0.3) is 0 Å². The first kappa shape index (κ1) is 94.6. The molecule has 6 aliphatic rings. The third-order valence-corrected chi connectivity index (χ3v) is 35.6. The molecule has 0 aromatic heterocycles. The Bertz CT molecular complexity index is 4840. The molecule has 130 heavy (non-hydrogen) atoms. The lowest BCUT2D eigenvalue weighted by atomic mass is 9.80. The fourth-order valence-electron chi connectivity index (χ4n) is 18.0. The summed E-state index contributed by atoms with van der Waals surface area (Å²) in [7, 11) is -5.28. The van der Waals surface area contributed by atoms with Crippen molar-refractivity contribution in [2.75, 3.05) is 13.2 Å². The molecule has 10 aromatic rings. The molecule has 0 radical (unpaired) electrons. The van der Waals surface area contributed by atoms with Gasteiger partial charge in [0.2, 0.25) is 0 Å². The Balaban J connectivity index is 0.000000199. The summed E-state index contributed by atoms with van der Waals surface area (Å²) in [5.74, 6) is -3.38. The van der Waals surface area contributed by atoms with Gasteiger partial charge in [0.15, 0.2) is 40.8 Å². The maximum Gasteiger partial charge on any atom is 0.251 e. The van der Waals surface area contributed by atoms with E-state index in [1.807, 2.05) is 161 Å². The first-order valence-electron chi connectivity index (χ1n) is 45.2. The first-order chi connectivity index (χ1) is 62.1. The van der Waals surface area contributed by atoms with Crippen LogP contribution in [0.2, 0.25) is 36.3 Å². The Morgan fingerprint density at radius 3 is 0.777 bits per heavy atom. The number of carbonyl (C=O) groups excluding carboxylic acids is 4. The second-order valence-corrected chi connectivity index (χ2v) is 48.0. The normalized spacial score (nSPS) is 26.6. The lowest BCUT2D eigenvalue weighted by molar-refractivity contribution is -0.273. The van der Waals surface area contributed by atoms with Crippen LogP contribution in [0.4, 0.5) is 0 Å². The fraction of sp³-hybridized carbons (Fsp3) is 0.396. The van der Waals surface area contributed by atoms with Gasteiger partial charge in [-0.1, -0.05) is 296 Å². The fourth-order valence-corrected chi connectivity index (χ4v) is 20.7. The third-order valence-electron chi connectivity index (χ3n) is 26.6. The van der Waals surface area contributed by atoms with Crippen LogP contribution in [-0.2, 0) is 67.4 Å². The quantitative estimate of drug-likeness (QED) is 0.0196. The van der Waals surface area contributed by atoms with Crippen molar-refractivity contribution in [2.45, 2.75) is 251 Å². The SMILES string of the molecule is CC1(C)O[C@H]2[C@H](O[C@H]3[C@H](O)[C@@H](NC(=O)c4ccccc4)C[C@@H](NC(=O)c4ccccc4)[C@@H]3O[Si](C)(C)C(C)(C)C)O[C@H](COC(c3ccccc3)(c3ccccc3)c3ccccc3)[C@H]2O1.CC1(C)O[C@H]2[C@H](O[C@H]3[C@H](O)[C@@H](NC(=O)c4ccccc4)C[C@@H](NC(=O)c4ccccc4)[C@@H]3O[Si](C)(C)C(C)(C)C)O[C@H](COC(c3ccccc3)(c3ccccc3)c3ccccc3)[C@H]2O1. The zero-order valence-corrected chi connectivity index (χ0v) is 78.5. The standard InChI is InChI=1S/2C53H62N2O9Si/c2*1-51(2,3)65(6,7)64-44-41(55-49(58)36-25-15-9-16-26-36)33-40(54-48(57)35-23-13-8-14-24-35)43(56)46(44)61-50-47-45(62-52(4,5)63-47)42(60-50)34-59-53(37-27-17-10-18-28-37,38-29-19-11-20-30-38)39-31-21-12-22-32-39/h2*8-32,40-47,50,56H,33-34H2,1-7H3,(H,54,57)(H,55,58)/t2*40-,41+,42+,43+,44-,45+,46-,47+,50-/m00/s1. The Morgan fingerprint density at radius 1 is 0.331 bits per heavy atom. The number of fused-ring (bicyclic) bond motifs is 2. The summed E-state index contributed by atoms with van der Waals surface area (Å²) < 4.78 is 83.2. The van der Waals surface area contributed by atoms with E-state index in [9.17, 15) is 29.4 Å². The molecule has 6 N–H and O–H groups in total. The van der Waals surface area contributed by atoms with Gasteiger partial charge >= 0.3 is 0 Å². The highest BCUT2D eigenvalue weighted by Crippen LogP contribution is 2.50. The van der Waals surface area contributed by atoms with Crippen molar-refractivity contribution in [3.63, 3.8) is 0 Å². The van der Waals surface area contributed by atoms with Crippen molar-refractivity contribution in [3.8, 4) is 0 Å². The number of carbonyl (C=O) groups is 4. The number of aliphatic hydroxyl groups excluding tert-OH is 2. The molecule has 2 saturated carbocycles. The van der Waals surface area contributed by atoms with Crippen LogP contribution < -0.4 is 21.3 Å². The number of nitrogens with one attached hydrogen (secondary N) is 4. The van der Waals surface area contributed by atoms with Gasteiger partial charge in [0.1, 0.15) is 72.2 Å². The van der Waals surface area contributed by atoms with Gasteiger partial charge in [-0.05, 0) is 159 Å². The molecule has 4 saturated heterocycles. The number of rotatable bonds is 28. The maximum absolute atomic E-state index is 14.0. The van der Waals surface area contributed by atoms with Crippen LogP contribution >= 0.6 is 0 Å². The van der Waals surface area contributed by atoms with Gasteiger partial charge in [0, 0.05) is 22.3 Å². The van der Waals surface area contributed by atoms with E-state index in [-0.39, 0.29) is 59.8 Å². The van der Waals surface area contributed by atoms with Gasteiger partial charge in [-0.2, -0.15) is 0 Å². The van der Waals surface area contributed by atoms with Crippen molar-refractivity contribution in [1.29, 1.82) is 0 Å². The van der Waals surface area contributed by atoms with Crippen molar-refractivity contribution in [2.24, 2.45) is 0 Å². The van der Waals surface area contributed by atoms with Gasteiger partial charge in [-0.15, -0.1) is 0 Å². The summed E-state index contributed by atoms with van der Waals surface area (Å²) in [5.41, 5.74) is 5.35. The molecule has 10 aromatic carbocycles. The highest BCUT2D eigenvalue weighted by atomic mass is 28.4. The average Bonchev–Trinajstić information content (AvgIpc) is 1.48. The summed E-state index contributed by atoms with van der Waals surface area (Å²) in [5, 5.41) is 37.2. The largest absolute Gasteiger partial charge is 0.409 e. The first-order valence-corrected chi connectivity index (χ1v) is 51.0. The van der Waals surface area contributed by atoms with E-state index in [1.54, 1.807) is 97.1 Å². The zero-order chi connectivity index (χ0) is 92.0. The van der Waals surface area contributed by atoms with Gasteiger partial charge in [0.25, 0.3) is 23.6 Å². The van der Waals surface area contributed by atoms with Crippen LogP contribution in [-0.4, -0.2) is 185 Å². The molecule has 22 nitrogen and oxygen atoms in total. The average molecular weight is 1800 g/mol. The number of aliphatic hydroxyl groups is 2. The lowest BCUT2D eigenvalue weighted by Crippen LogP contribution is -2.68. The highest BCUT2D eigenvalue weighted by Gasteiger charge is 2.63. The predicted molar refractivity (Wildman–Crippen MR) is 501 cm³/mol. The summed E-state index contributed by atoms with van der Waals surface area (Å²) >= 11 is 0. The van der Waals surface area contributed by atoms with E-state index in [0.29, 0.717) is 22.3 Å². The van der Waals surface area contributed by atoms with Crippen LogP contribution in [0.1, 0.15) is 157 Å². The van der Waals surface area contributed by atoms with Crippen LogP contribution in [0.3, 0.4) is 0 Å². The number of benzene rings is 10. The molecule has 684 valence electrons. The molecule has 24 heteroatoms. The second-order valence-electron chi connectivity index (χ2n) is 38.5. The van der Waals surface area contributed by atoms with Crippen molar-refractivity contribution < 1.29 is 85.6 Å². The van der Waals surface area contributed by atoms with E-state index < -0.39 is 149 Å². The van der Waals surface area contributed by atoms with Crippen molar-refractivity contribution >= 4 is 40.3 Å². The minimum Gasteiger partial charge on any atom is -0.409 e. The Labute approximate surface area is 766 Å². The second kappa shape index (κ2) is 39.8. The molecule has 16 rings (SSSR count). The molecule has 4 amide bonds. The Kier molecular flexibility index (Phi) is 29.0. The van der Waals surface area contributed by atoms with Gasteiger partial charge < -0.3 is 87.7 Å². The van der Waals surface area contributed by atoms with Crippen molar-refractivity contribution in [1.82, 2.24) is 21.3 Å². The van der Waals surface area contributed by atoms with Crippen molar-refractivity contribution in [3.05, 3.63) is 359 Å². The van der Waals surface area contributed by atoms with Gasteiger partial charge in [0.05, 0.1) is 49.6 Å². The molecule has 2 aliphatic carbocycles. The number of ether oxygens (including phenoxy) is 10. The smallest absolute Gasteiger partial charge is 0.251 e. The monoisotopic (exact) mass is 1800 g/mol. The van der Waals surface area contributed by atoms with Gasteiger partial charge in [-0.25, -0.2) is 0 Å². The van der Waals surface area contributed by atoms with E-state index in [1.165, 1.54) is 0 Å². The summed E-state index contributed by atoms with van der Waals surface area (Å²) in [6.07, 6.45) is -12.5. The third kappa shape index (κ3) is 20.9. The minimum atomic E-state index is -2.64. The number of hydrogen-bond donors (Lipinski definition) is 6. The molecule has 6 fully saturated rings. The minimum absolute atomic E-state index is 0.0712. The van der Waals surface area contributed by atoms with Crippen LogP contribution in [0.15, 0.2) is 303 Å². The summed E-state index contributed by atoms with van der Waals surface area (Å²) in [6.45, 7) is 28.9. The molecule has 0 spiro atoms. The van der Waals surface area contributed by atoms with E-state index in [2.05, 4.69) is 162 Å². The Morgan fingerprint density at radius 2 is 0.546 bits per heavy atom.